The molecule has 2 aromatic rings. The van der Waals surface area contributed by atoms with Gasteiger partial charge in [0.15, 0.2) is 11.5 Å². The number of carbonyl (C=O) groups excluding carboxylic acids is 1. The number of hydrogen-bond acceptors (Lipinski definition) is 4. The first-order valence-corrected chi connectivity index (χ1v) is 9.25. The third-order valence-corrected chi connectivity index (χ3v) is 4.76. The molecule has 0 saturated heterocycles. The largest absolute Gasteiger partial charge is 0.493 e. The summed E-state index contributed by atoms with van der Waals surface area (Å²) in [6, 6.07) is 13.2. The minimum atomic E-state index is -0.241. The average Bonchev–Trinajstić information content (AvgIpc) is 2.67. The minimum absolute atomic E-state index is 0.00000438. The average molecular weight is 391 g/mol. The zero-order chi connectivity index (χ0) is 19.8. The van der Waals surface area contributed by atoms with Crippen LogP contribution >= 0.6 is 11.6 Å². The molecule has 27 heavy (non-hydrogen) atoms. The molecule has 0 fully saturated rings. The molecule has 0 aliphatic carbocycles. The van der Waals surface area contributed by atoms with Crippen molar-refractivity contribution in [3.05, 3.63) is 58.6 Å². The topological polar surface area (TPSA) is 50.8 Å². The monoisotopic (exact) mass is 390 g/mol. The van der Waals surface area contributed by atoms with Gasteiger partial charge in [0.25, 0.3) is 0 Å². The summed E-state index contributed by atoms with van der Waals surface area (Å²) in [7, 11) is 5.15. The van der Waals surface area contributed by atoms with Crippen molar-refractivity contribution < 1.29 is 14.3 Å². The standard InChI is InChI=1S/C21H27ClN2O3/c1-15(24(2)14-17-6-5-7-18(22)12-17)21(25)23-11-10-16-8-9-19(26-3)20(13-16)27-4/h5-9,12-13,15H,10-11,14H2,1-4H3,(H,23,25). The van der Waals surface area contributed by atoms with Crippen molar-refractivity contribution in [2.45, 2.75) is 25.9 Å². The lowest BCUT2D eigenvalue weighted by Gasteiger charge is -2.24. The number of nitrogens with zero attached hydrogens (tertiary/aromatic N) is 1. The fourth-order valence-electron chi connectivity index (χ4n) is 2.77. The SMILES string of the molecule is COc1ccc(CCNC(=O)C(C)N(C)Cc2cccc(Cl)c2)cc1OC. The molecule has 1 N–H and O–H groups in total. The predicted octanol–water partition coefficient (Wildman–Crippen LogP) is 3.54. The summed E-state index contributed by atoms with van der Waals surface area (Å²) in [5.41, 5.74) is 2.16. The van der Waals surface area contributed by atoms with Crippen LogP contribution in [0.2, 0.25) is 5.02 Å². The van der Waals surface area contributed by atoms with E-state index in [2.05, 4.69) is 5.32 Å². The highest BCUT2D eigenvalue weighted by molar-refractivity contribution is 6.30. The maximum Gasteiger partial charge on any atom is 0.237 e. The van der Waals surface area contributed by atoms with Crippen LogP contribution in [0.4, 0.5) is 0 Å². The van der Waals surface area contributed by atoms with Gasteiger partial charge in [0.1, 0.15) is 0 Å². The zero-order valence-corrected chi connectivity index (χ0v) is 17.0. The van der Waals surface area contributed by atoms with Gasteiger partial charge in [-0.05, 0) is 55.8 Å². The van der Waals surface area contributed by atoms with Gasteiger partial charge >= 0.3 is 0 Å². The third-order valence-electron chi connectivity index (χ3n) is 4.52. The summed E-state index contributed by atoms with van der Waals surface area (Å²) < 4.78 is 10.5. The van der Waals surface area contributed by atoms with E-state index < -0.39 is 0 Å². The Morgan fingerprint density at radius 2 is 1.85 bits per heavy atom. The Bertz CT molecular complexity index is 767. The molecule has 1 atom stereocenters. The van der Waals surface area contributed by atoms with E-state index in [1.54, 1.807) is 14.2 Å². The van der Waals surface area contributed by atoms with E-state index >= 15 is 0 Å². The van der Waals surface area contributed by atoms with Gasteiger partial charge in [0.2, 0.25) is 5.91 Å². The van der Waals surface area contributed by atoms with Crippen molar-refractivity contribution in [3.8, 4) is 11.5 Å². The molecule has 0 aliphatic rings. The fraction of sp³-hybridized carbons (Fsp3) is 0.381. The Morgan fingerprint density at radius 3 is 2.52 bits per heavy atom. The Kier molecular flexibility index (Phi) is 7.95. The molecule has 5 nitrogen and oxygen atoms in total. The normalized spacial score (nSPS) is 11.9. The molecule has 0 radical (unpaired) electrons. The lowest BCUT2D eigenvalue weighted by atomic mass is 10.1. The summed E-state index contributed by atoms with van der Waals surface area (Å²) >= 11 is 6.02. The van der Waals surface area contributed by atoms with Crippen LogP contribution in [0.1, 0.15) is 18.1 Å². The lowest BCUT2D eigenvalue weighted by Crippen LogP contribution is -2.43. The Morgan fingerprint density at radius 1 is 1.11 bits per heavy atom. The fourth-order valence-corrected chi connectivity index (χ4v) is 2.99. The molecule has 2 rings (SSSR count). The van der Waals surface area contributed by atoms with Gasteiger partial charge in [-0.2, -0.15) is 0 Å². The van der Waals surface area contributed by atoms with E-state index in [9.17, 15) is 4.79 Å². The molecular weight excluding hydrogens is 364 g/mol. The van der Waals surface area contributed by atoms with Crippen LogP contribution in [0.25, 0.3) is 0 Å². The molecule has 6 heteroatoms. The Labute approximate surface area is 166 Å². The van der Waals surface area contributed by atoms with Crippen LogP contribution in [-0.4, -0.2) is 44.7 Å². The first-order chi connectivity index (χ1) is 12.9. The van der Waals surface area contributed by atoms with Gasteiger partial charge in [0.05, 0.1) is 20.3 Å². The third kappa shape index (κ3) is 6.15. The van der Waals surface area contributed by atoms with Gasteiger partial charge < -0.3 is 14.8 Å². The van der Waals surface area contributed by atoms with Gasteiger partial charge in [-0.25, -0.2) is 0 Å². The van der Waals surface area contributed by atoms with Crippen molar-refractivity contribution in [3.63, 3.8) is 0 Å². The second-order valence-corrected chi connectivity index (χ2v) is 6.89. The summed E-state index contributed by atoms with van der Waals surface area (Å²) in [5, 5.41) is 3.70. The van der Waals surface area contributed by atoms with E-state index in [1.807, 2.05) is 61.3 Å². The second kappa shape index (κ2) is 10.2. The van der Waals surface area contributed by atoms with Crippen molar-refractivity contribution in [1.82, 2.24) is 10.2 Å². The van der Waals surface area contributed by atoms with Gasteiger partial charge in [-0.1, -0.05) is 29.8 Å². The van der Waals surface area contributed by atoms with E-state index in [0.717, 1.165) is 17.5 Å². The van der Waals surface area contributed by atoms with Gasteiger partial charge in [-0.15, -0.1) is 0 Å². The summed E-state index contributed by atoms with van der Waals surface area (Å²) in [4.78, 5) is 14.4. The molecule has 0 saturated carbocycles. The number of halogens is 1. The van der Waals surface area contributed by atoms with E-state index in [-0.39, 0.29) is 11.9 Å². The Hall–Kier alpha value is -2.24. The smallest absolute Gasteiger partial charge is 0.237 e. The van der Waals surface area contributed by atoms with Gasteiger partial charge in [-0.3, -0.25) is 9.69 Å². The van der Waals surface area contributed by atoms with Crippen molar-refractivity contribution >= 4 is 17.5 Å². The number of carbonyl (C=O) groups is 1. The second-order valence-electron chi connectivity index (χ2n) is 6.45. The van der Waals surface area contributed by atoms with E-state index in [4.69, 9.17) is 21.1 Å². The quantitative estimate of drug-likeness (QED) is 0.711. The zero-order valence-electron chi connectivity index (χ0n) is 16.3. The summed E-state index contributed by atoms with van der Waals surface area (Å²) in [6.45, 7) is 3.12. The number of likely N-dealkylation sites (N-methyl/N-ethyl adjacent to an activating group) is 1. The van der Waals surface area contributed by atoms with Crippen LogP contribution in [0, 0.1) is 0 Å². The maximum absolute atomic E-state index is 12.4. The number of nitrogens with one attached hydrogen (secondary N) is 1. The molecule has 0 bridgehead atoms. The van der Waals surface area contributed by atoms with Crippen molar-refractivity contribution in [1.29, 1.82) is 0 Å². The first kappa shape index (κ1) is 21.1. The Balaban J connectivity index is 1.84. The molecule has 1 unspecified atom stereocenters. The van der Waals surface area contributed by atoms with Crippen LogP contribution in [0.15, 0.2) is 42.5 Å². The van der Waals surface area contributed by atoms with Gasteiger partial charge in [0, 0.05) is 18.1 Å². The van der Waals surface area contributed by atoms with E-state index in [0.29, 0.717) is 29.6 Å². The number of methoxy groups -OCH3 is 2. The molecule has 0 aliphatic heterocycles. The highest BCUT2D eigenvalue weighted by Crippen LogP contribution is 2.27. The molecular formula is C21H27ClN2O3. The van der Waals surface area contributed by atoms with Crippen molar-refractivity contribution in [2.75, 3.05) is 27.8 Å². The summed E-state index contributed by atoms with van der Waals surface area (Å²) in [5.74, 6) is 1.39. The summed E-state index contributed by atoms with van der Waals surface area (Å²) in [6.07, 6.45) is 0.719. The van der Waals surface area contributed by atoms with Crippen LogP contribution in [0.3, 0.4) is 0 Å². The first-order valence-electron chi connectivity index (χ1n) is 8.88. The molecule has 0 aromatic heterocycles. The number of amides is 1. The number of rotatable bonds is 9. The van der Waals surface area contributed by atoms with Crippen LogP contribution in [-0.2, 0) is 17.8 Å². The lowest BCUT2D eigenvalue weighted by molar-refractivity contribution is -0.125. The molecule has 146 valence electrons. The highest BCUT2D eigenvalue weighted by Gasteiger charge is 2.18. The van der Waals surface area contributed by atoms with E-state index in [1.165, 1.54) is 0 Å². The number of ether oxygens (including phenoxy) is 2. The van der Waals surface area contributed by atoms with Crippen LogP contribution in [0.5, 0.6) is 11.5 Å². The molecule has 2 aromatic carbocycles. The van der Waals surface area contributed by atoms with Crippen LogP contribution < -0.4 is 14.8 Å². The molecule has 0 heterocycles. The number of hydrogen-bond donors (Lipinski definition) is 1. The molecule has 0 spiro atoms. The molecule has 1 amide bonds. The number of benzene rings is 2. The highest BCUT2D eigenvalue weighted by atomic mass is 35.5. The maximum atomic E-state index is 12.4. The van der Waals surface area contributed by atoms with Crippen molar-refractivity contribution in [2.24, 2.45) is 0 Å². The minimum Gasteiger partial charge on any atom is -0.493 e. The predicted molar refractivity (Wildman–Crippen MR) is 109 cm³/mol.